The Morgan fingerprint density at radius 2 is 2.29 bits per heavy atom. The number of hydrogen-bond donors (Lipinski definition) is 2. The second-order valence-electron chi connectivity index (χ2n) is 4.70. The summed E-state index contributed by atoms with van der Waals surface area (Å²) in [6, 6.07) is 4.27. The van der Waals surface area contributed by atoms with Crippen LogP contribution in [0.1, 0.15) is 30.5 Å². The first-order chi connectivity index (χ1) is 8.24. The number of nitrogens with two attached hydrogens (primary N) is 1. The maximum atomic E-state index is 9.42. The van der Waals surface area contributed by atoms with Gasteiger partial charge in [0.05, 0.1) is 12.6 Å². The lowest BCUT2D eigenvalue weighted by Crippen LogP contribution is -2.42. The summed E-state index contributed by atoms with van der Waals surface area (Å²) in [4.78, 5) is 6.78. The molecule has 1 saturated heterocycles. The van der Waals surface area contributed by atoms with Crippen molar-refractivity contribution in [2.75, 3.05) is 18.1 Å². The number of pyridine rings is 1. The Kier molecular flexibility index (Phi) is 3.97. The summed E-state index contributed by atoms with van der Waals surface area (Å²) >= 11 is 0. The van der Waals surface area contributed by atoms with Crippen LogP contribution in [0, 0.1) is 6.92 Å². The highest BCUT2D eigenvalue weighted by molar-refractivity contribution is 5.44. The van der Waals surface area contributed by atoms with Crippen LogP contribution in [0.15, 0.2) is 12.1 Å². The van der Waals surface area contributed by atoms with Crippen LogP contribution in [-0.2, 0) is 6.54 Å². The molecule has 0 aliphatic carbocycles. The number of aryl methyl sites for hydroxylation is 1. The van der Waals surface area contributed by atoms with Gasteiger partial charge in [0, 0.05) is 18.8 Å². The van der Waals surface area contributed by atoms with Gasteiger partial charge in [0.25, 0.3) is 0 Å². The molecule has 1 unspecified atom stereocenters. The minimum absolute atomic E-state index is 0.202. The first-order valence-corrected chi connectivity index (χ1v) is 6.29. The van der Waals surface area contributed by atoms with E-state index in [-0.39, 0.29) is 12.6 Å². The van der Waals surface area contributed by atoms with Crippen LogP contribution in [0.4, 0.5) is 5.82 Å². The van der Waals surface area contributed by atoms with Gasteiger partial charge in [0.15, 0.2) is 0 Å². The number of rotatable bonds is 3. The molecule has 1 aliphatic heterocycles. The minimum atomic E-state index is 0.202. The van der Waals surface area contributed by atoms with E-state index in [9.17, 15) is 5.11 Å². The van der Waals surface area contributed by atoms with Crippen LogP contribution in [0.3, 0.4) is 0 Å². The zero-order valence-electron chi connectivity index (χ0n) is 10.4. The van der Waals surface area contributed by atoms with Crippen LogP contribution >= 0.6 is 0 Å². The molecule has 4 nitrogen and oxygen atoms in total. The van der Waals surface area contributed by atoms with Crippen LogP contribution in [0.2, 0.25) is 0 Å². The van der Waals surface area contributed by atoms with E-state index in [1.807, 2.05) is 19.1 Å². The fourth-order valence-corrected chi connectivity index (χ4v) is 2.48. The highest BCUT2D eigenvalue weighted by Gasteiger charge is 2.23. The van der Waals surface area contributed by atoms with E-state index in [0.29, 0.717) is 6.54 Å². The Balaban J connectivity index is 2.27. The van der Waals surface area contributed by atoms with E-state index in [0.717, 1.165) is 30.0 Å². The molecule has 1 aromatic rings. The van der Waals surface area contributed by atoms with E-state index in [4.69, 9.17) is 5.73 Å². The number of anilines is 1. The number of hydrogen-bond acceptors (Lipinski definition) is 4. The average Bonchev–Trinajstić information content (AvgIpc) is 2.37. The van der Waals surface area contributed by atoms with E-state index < -0.39 is 0 Å². The first kappa shape index (κ1) is 12.3. The standard InChI is InChI=1S/C13H21N3O/c1-10-6-11(8-14)7-13(15-10)16-5-3-2-4-12(16)9-17/h6-7,12,17H,2-5,8-9,14H2,1H3. The first-order valence-electron chi connectivity index (χ1n) is 6.29. The summed E-state index contributed by atoms with van der Waals surface area (Å²) < 4.78 is 0. The van der Waals surface area contributed by atoms with Crippen LogP contribution in [0.5, 0.6) is 0 Å². The fraction of sp³-hybridized carbons (Fsp3) is 0.615. The predicted molar refractivity (Wildman–Crippen MR) is 68.9 cm³/mol. The van der Waals surface area contributed by atoms with Crippen molar-refractivity contribution in [3.8, 4) is 0 Å². The average molecular weight is 235 g/mol. The van der Waals surface area contributed by atoms with Crippen molar-refractivity contribution in [2.24, 2.45) is 5.73 Å². The second kappa shape index (κ2) is 5.47. The smallest absolute Gasteiger partial charge is 0.129 e. The van der Waals surface area contributed by atoms with Crippen molar-refractivity contribution in [3.05, 3.63) is 23.4 Å². The molecule has 0 spiro atoms. The number of aliphatic hydroxyl groups excluding tert-OH is 1. The van der Waals surface area contributed by atoms with Gasteiger partial charge in [0.2, 0.25) is 0 Å². The second-order valence-corrected chi connectivity index (χ2v) is 4.70. The van der Waals surface area contributed by atoms with Crippen LogP contribution in [-0.4, -0.2) is 29.3 Å². The zero-order chi connectivity index (χ0) is 12.3. The summed E-state index contributed by atoms with van der Waals surface area (Å²) in [6.07, 6.45) is 3.41. The van der Waals surface area contributed by atoms with Gasteiger partial charge in [-0.15, -0.1) is 0 Å². The van der Waals surface area contributed by atoms with Gasteiger partial charge in [0.1, 0.15) is 5.82 Å². The number of aromatic nitrogens is 1. The normalized spacial score (nSPS) is 20.6. The topological polar surface area (TPSA) is 62.4 Å². The molecule has 17 heavy (non-hydrogen) atoms. The maximum Gasteiger partial charge on any atom is 0.129 e. The number of nitrogens with zero attached hydrogens (tertiary/aromatic N) is 2. The lowest BCUT2D eigenvalue weighted by atomic mass is 10.0. The molecule has 0 amide bonds. The third-order valence-corrected chi connectivity index (χ3v) is 3.37. The Morgan fingerprint density at radius 3 is 3.00 bits per heavy atom. The van der Waals surface area contributed by atoms with Crippen molar-refractivity contribution < 1.29 is 5.11 Å². The van der Waals surface area contributed by atoms with Gasteiger partial charge in [-0.25, -0.2) is 4.98 Å². The third kappa shape index (κ3) is 2.76. The van der Waals surface area contributed by atoms with Gasteiger partial charge in [-0.05, 0) is 43.9 Å². The molecular weight excluding hydrogens is 214 g/mol. The van der Waals surface area contributed by atoms with Crippen molar-refractivity contribution in [1.82, 2.24) is 4.98 Å². The highest BCUT2D eigenvalue weighted by Crippen LogP contribution is 2.24. The molecule has 4 heteroatoms. The Hall–Kier alpha value is -1.13. The lowest BCUT2D eigenvalue weighted by molar-refractivity contribution is 0.239. The van der Waals surface area contributed by atoms with Gasteiger partial charge < -0.3 is 15.7 Å². The highest BCUT2D eigenvalue weighted by atomic mass is 16.3. The Labute approximate surface area is 102 Å². The molecule has 1 fully saturated rings. The van der Waals surface area contributed by atoms with E-state index in [1.54, 1.807) is 0 Å². The van der Waals surface area contributed by atoms with E-state index in [2.05, 4.69) is 9.88 Å². The van der Waals surface area contributed by atoms with Gasteiger partial charge in [-0.1, -0.05) is 0 Å². The molecule has 2 rings (SSSR count). The minimum Gasteiger partial charge on any atom is -0.394 e. The van der Waals surface area contributed by atoms with E-state index >= 15 is 0 Å². The molecular formula is C13H21N3O. The number of aliphatic hydroxyl groups is 1. The molecule has 0 radical (unpaired) electrons. The molecule has 3 N–H and O–H groups in total. The summed E-state index contributed by atoms with van der Waals surface area (Å²) in [5.74, 6) is 0.962. The summed E-state index contributed by atoms with van der Waals surface area (Å²) in [7, 11) is 0. The molecule has 0 bridgehead atoms. The molecule has 0 saturated carbocycles. The summed E-state index contributed by atoms with van der Waals surface area (Å²) in [6.45, 7) is 3.70. The van der Waals surface area contributed by atoms with Crippen molar-refractivity contribution in [2.45, 2.75) is 38.8 Å². The van der Waals surface area contributed by atoms with Crippen molar-refractivity contribution in [1.29, 1.82) is 0 Å². The maximum absolute atomic E-state index is 9.42. The molecule has 1 aliphatic rings. The summed E-state index contributed by atoms with van der Waals surface area (Å²) in [5, 5.41) is 9.42. The van der Waals surface area contributed by atoms with Gasteiger partial charge >= 0.3 is 0 Å². The Bertz CT molecular complexity index is 381. The monoisotopic (exact) mass is 235 g/mol. The molecule has 1 atom stereocenters. The zero-order valence-corrected chi connectivity index (χ0v) is 10.4. The quantitative estimate of drug-likeness (QED) is 0.826. The van der Waals surface area contributed by atoms with Crippen LogP contribution < -0.4 is 10.6 Å². The van der Waals surface area contributed by atoms with Crippen LogP contribution in [0.25, 0.3) is 0 Å². The SMILES string of the molecule is Cc1cc(CN)cc(N2CCCCC2CO)n1. The number of piperidine rings is 1. The third-order valence-electron chi connectivity index (χ3n) is 3.37. The van der Waals surface area contributed by atoms with Gasteiger partial charge in [-0.3, -0.25) is 0 Å². The molecule has 0 aromatic carbocycles. The molecule has 1 aromatic heterocycles. The predicted octanol–water partition coefficient (Wildman–Crippen LogP) is 1.20. The largest absolute Gasteiger partial charge is 0.394 e. The van der Waals surface area contributed by atoms with Gasteiger partial charge in [-0.2, -0.15) is 0 Å². The summed E-state index contributed by atoms with van der Waals surface area (Å²) in [5.41, 5.74) is 7.79. The molecule has 2 heterocycles. The van der Waals surface area contributed by atoms with Crippen molar-refractivity contribution in [3.63, 3.8) is 0 Å². The van der Waals surface area contributed by atoms with Crippen molar-refractivity contribution >= 4 is 5.82 Å². The lowest BCUT2D eigenvalue weighted by Gasteiger charge is -2.35. The Morgan fingerprint density at radius 1 is 1.47 bits per heavy atom. The molecule has 94 valence electrons. The van der Waals surface area contributed by atoms with E-state index in [1.165, 1.54) is 12.8 Å². The fourth-order valence-electron chi connectivity index (χ4n) is 2.48.